The average Bonchev–Trinajstić information content (AvgIpc) is 3.92. The van der Waals surface area contributed by atoms with Crippen LogP contribution in [0.25, 0.3) is 67.3 Å². The average molecular weight is 865 g/mol. The van der Waals surface area contributed by atoms with E-state index in [4.69, 9.17) is 15.0 Å². The van der Waals surface area contributed by atoms with Crippen LogP contribution in [0.5, 0.6) is 0 Å². The highest BCUT2D eigenvalue weighted by atomic mass is 15.3. The van der Waals surface area contributed by atoms with E-state index in [1.54, 1.807) is 0 Å². The molecule has 0 amide bonds. The predicted octanol–water partition coefficient (Wildman–Crippen LogP) is 15.9. The Morgan fingerprint density at radius 1 is 0.313 bits per heavy atom. The highest BCUT2D eigenvalue weighted by molar-refractivity contribution is 5.92. The summed E-state index contributed by atoms with van der Waals surface area (Å²) in [4.78, 5) is 19.1. The van der Waals surface area contributed by atoms with E-state index in [9.17, 15) is 0 Å². The molecule has 1 heterocycles. The second-order valence-corrected chi connectivity index (χ2v) is 21.3. The predicted molar refractivity (Wildman–Crippen MR) is 276 cm³/mol. The van der Waals surface area contributed by atoms with Crippen molar-refractivity contribution in [2.24, 2.45) is 0 Å². The molecule has 0 N–H and O–H groups in total. The van der Waals surface area contributed by atoms with Crippen molar-refractivity contribution in [3.63, 3.8) is 0 Å². The third-order valence-electron chi connectivity index (χ3n) is 16.1. The van der Waals surface area contributed by atoms with Crippen molar-refractivity contribution in [1.29, 1.82) is 0 Å². The van der Waals surface area contributed by atoms with Crippen LogP contribution < -0.4 is 4.90 Å². The first kappa shape index (κ1) is 39.9. The molecular weight excluding hydrogens is 813 g/mol. The third-order valence-corrected chi connectivity index (χ3v) is 16.1. The summed E-state index contributed by atoms with van der Waals surface area (Å²) in [6.45, 7) is 18.8. The Morgan fingerprint density at radius 3 is 1.33 bits per heavy atom. The Kier molecular flexibility index (Phi) is 8.08. The number of aromatic nitrogens is 3. The molecule has 0 saturated carbocycles. The number of benzene rings is 8. The van der Waals surface area contributed by atoms with Crippen LogP contribution in [0.2, 0.25) is 0 Å². The van der Waals surface area contributed by atoms with E-state index in [2.05, 4.69) is 230 Å². The summed E-state index contributed by atoms with van der Waals surface area (Å²) >= 11 is 0. The lowest BCUT2D eigenvalue weighted by Crippen LogP contribution is -2.23. The second kappa shape index (κ2) is 13.6. The van der Waals surface area contributed by atoms with Gasteiger partial charge in [-0.1, -0.05) is 195 Å². The lowest BCUT2D eigenvalue weighted by molar-refractivity contribution is 0.658. The fourth-order valence-corrected chi connectivity index (χ4v) is 12.6. The molecule has 0 aliphatic heterocycles. The van der Waals surface area contributed by atoms with Crippen molar-refractivity contribution in [1.82, 2.24) is 15.0 Å². The zero-order valence-electron chi connectivity index (χ0n) is 39.5. The van der Waals surface area contributed by atoms with Gasteiger partial charge in [0.1, 0.15) is 0 Å². The Balaban J connectivity index is 1.08. The van der Waals surface area contributed by atoms with E-state index in [-0.39, 0.29) is 21.7 Å². The fourth-order valence-electron chi connectivity index (χ4n) is 12.6. The topological polar surface area (TPSA) is 41.9 Å². The summed E-state index contributed by atoms with van der Waals surface area (Å²) < 4.78 is 0. The molecule has 0 atom stereocenters. The summed E-state index contributed by atoms with van der Waals surface area (Å²) in [6.07, 6.45) is 0. The molecule has 13 rings (SSSR count). The molecule has 4 nitrogen and oxygen atoms in total. The van der Waals surface area contributed by atoms with Gasteiger partial charge in [-0.15, -0.1) is 0 Å². The standard InChI is InChI=1S/C63H52N4/c1-60(2)50-25-15-12-21-43(50)47-34-37(29-33-52(47)60)57-64-58(38-28-31-44-40-18-9-13-23-48(40)61(3,4)53(44)35-38)66-59(65-57)67(39-30-32-45-41-19-10-14-24-49(41)62(5,6)54(45)36-39)55-27-17-22-46-42-20-11-16-26-51(42)63(7,8)56(46)55/h9-36H,1-8H3. The van der Waals surface area contributed by atoms with E-state index >= 15 is 0 Å². The van der Waals surface area contributed by atoms with Gasteiger partial charge in [-0.2, -0.15) is 9.97 Å². The van der Waals surface area contributed by atoms with Gasteiger partial charge >= 0.3 is 0 Å². The van der Waals surface area contributed by atoms with Gasteiger partial charge in [-0.3, -0.25) is 4.90 Å². The van der Waals surface area contributed by atoms with E-state index < -0.39 is 0 Å². The highest BCUT2D eigenvalue weighted by Gasteiger charge is 2.42. The van der Waals surface area contributed by atoms with Crippen molar-refractivity contribution in [2.75, 3.05) is 4.90 Å². The summed E-state index contributed by atoms with van der Waals surface area (Å²) in [5.74, 6) is 1.87. The van der Waals surface area contributed by atoms with Gasteiger partial charge in [0.05, 0.1) is 5.69 Å². The van der Waals surface area contributed by atoms with Crippen LogP contribution in [-0.4, -0.2) is 15.0 Å². The van der Waals surface area contributed by atoms with Crippen molar-refractivity contribution in [3.05, 3.63) is 214 Å². The maximum Gasteiger partial charge on any atom is 0.238 e. The molecule has 67 heavy (non-hydrogen) atoms. The molecule has 9 aromatic rings. The highest BCUT2D eigenvalue weighted by Crippen LogP contribution is 2.57. The van der Waals surface area contributed by atoms with E-state index in [1.807, 2.05) is 0 Å². The minimum atomic E-state index is -0.299. The SMILES string of the molecule is CC1(C)c2ccccc2-c2cc(-c3nc(-c4ccc5c(c4)C(C)(C)c4ccccc4-5)nc(N(c4ccc5c(c4)C(C)(C)c4ccccc4-5)c4cccc5c4C(C)(C)c4ccccc4-5)n3)ccc21. The van der Waals surface area contributed by atoms with Gasteiger partial charge in [0, 0.05) is 38.5 Å². The van der Waals surface area contributed by atoms with Crippen molar-refractivity contribution in [2.45, 2.75) is 77.0 Å². The Morgan fingerprint density at radius 2 is 0.731 bits per heavy atom. The van der Waals surface area contributed by atoms with Gasteiger partial charge < -0.3 is 0 Å². The molecule has 4 aliphatic carbocycles. The third kappa shape index (κ3) is 5.44. The van der Waals surface area contributed by atoms with Crippen molar-refractivity contribution in [3.8, 4) is 67.3 Å². The monoisotopic (exact) mass is 864 g/mol. The molecule has 0 bridgehead atoms. The van der Waals surface area contributed by atoms with Gasteiger partial charge in [0.25, 0.3) is 0 Å². The molecule has 324 valence electrons. The van der Waals surface area contributed by atoms with Crippen molar-refractivity contribution < 1.29 is 0 Å². The molecule has 0 saturated heterocycles. The summed E-state index contributed by atoms with van der Waals surface area (Å²) in [6, 6.07) is 62.8. The Hall–Kier alpha value is -7.43. The van der Waals surface area contributed by atoms with E-state index in [0.29, 0.717) is 17.6 Å². The largest absolute Gasteiger partial charge is 0.279 e. The minimum absolute atomic E-state index is 0.120. The van der Waals surface area contributed by atoms with Crippen LogP contribution >= 0.6 is 0 Å². The van der Waals surface area contributed by atoms with Crippen LogP contribution in [0, 0.1) is 0 Å². The van der Waals surface area contributed by atoms with Gasteiger partial charge in [0.2, 0.25) is 5.95 Å². The molecule has 0 fully saturated rings. The zero-order chi connectivity index (χ0) is 45.8. The van der Waals surface area contributed by atoms with Crippen molar-refractivity contribution >= 4 is 17.3 Å². The quantitative estimate of drug-likeness (QED) is 0.173. The van der Waals surface area contributed by atoms with Crippen LogP contribution in [-0.2, 0) is 21.7 Å². The zero-order valence-corrected chi connectivity index (χ0v) is 39.5. The summed E-state index contributed by atoms with van der Waals surface area (Å²) in [5, 5.41) is 0. The van der Waals surface area contributed by atoms with Gasteiger partial charge in [-0.25, -0.2) is 4.98 Å². The van der Waals surface area contributed by atoms with Gasteiger partial charge in [-0.05, 0) is 119 Å². The number of nitrogens with zero attached hydrogens (tertiary/aromatic N) is 4. The Bertz CT molecular complexity index is 3610. The lowest BCUT2D eigenvalue weighted by atomic mass is 9.81. The van der Waals surface area contributed by atoms with Crippen LogP contribution in [0.1, 0.15) is 99.9 Å². The van der Waals surface area contributed by atoms with Crippen LogP contribution in [0.15, 0.2) is 170 Å². The molecule has 4 aliphatic rings. The number of hydrogen-bond acceptors (Lipinski definition) is 4. The minimum Gasteiger partial charge on any atom is -0.279 e. The first-order chi connectivity index (χ1) is 32.2. The first-order valence-corrected chi connectivity index (χ1v) is 23.8. The molecule has 0 radical (unpaired) electrons. The summed E-state index contributed by atoms with van der Waals surface area (Å²) in [7, 11) is 0. The second-order valence-electron chi connectivity index (χ2n) is 21.3. The molecule has 0 spiro atoms. The van der Waals surface area contributed by atoms with Crippen LogP contribution in [0.4, 0.5) is 17.3 Å². The molecule has 4 heteroatoms. The van der Waals surface area contributed by atoms with E-state index in [1.165, 1.54) is 89.0 Å². The smallest absolute Gasteiger partial charge is 0.238 e. The Labute approximate surface area is 394 Å². The molecule has 8 aromatic carbocycles. The molecule has 0 unspecified atom stereocenters. The molecular formula is C63H52N4. The van der Waals surface area contributed by atoms with Crippen LogP contribution in [0.3, 0.4) is 0 Å². The number of fused-ring (bicyclic) bond motifs is 12. The normalized spacial score (nSPS) is 16.2. The molecule has 1 aromatic heterocycles. The number of hydrogen-bond donors (Lipinski definition) is 0. The number of anilines is 3. The fraction of sp³-hybridized carbons (Fsp3) is 0.190. The first-order valence-electron chi connectivity index (χ1n) is 23.8. The van der Waals surface area contributed by atoms with Gasteiger partial charge in [0.15, 0.2) is 11.6 Å². The lowest BCUT2D eigenvalue weighted by Gasteiger charge is -2.32. The maximum atomic E-state index is 5.63. The summed E-state index contributed by atoms with van der Waals surface area (Å²) in [5.41, 5.74) is 23.8. The van der Waals surface area contributed by atoms with E-state index in [0.717, 1.165) is 22.5 Å². The maximum absolute atomic E-state index is 5.63. The number of rotatable bonds is 5.